The third-order valence-electron chi connectivity index (χ3n) is 12.0. The molecule has 0 spiro atoms. The molecule has 0 aliphatic carbocycles. The second kappa shape index (κ2) is 18.0. The molecule has 0 radical (unpaired) electrons. The first-order valence-corrected chi connectivity index (χ1v) is 22.0. The van der Waals surface area contributed by atoms with Gasteiger partial charge in [-0.3, -0.25) is 0 Å². The standard InChI is InChI=1S/C62H48N2/c1-45-17-15-27-55(41-45)63(53-33-29-49(30-34-53)47-19-7-3-8-20-47)57-37-39-59(61(43-57)51-23-11-5-12-24-51)60-40-38-58(44-62(60)52-25-13-6-14-26-52)64(56-28-16-18-46(2)42-56)54-35-31-50(32-36-54)48-21-9-4-10-22-48/h3-44H,1-2H3. The lowest BCUT2D eigenvalue weighted by atomic mass is 9.88. The van der Waals surface area contributed by atoms with Crippen LogP contribution in [0.25, 0.3) is 55.6 Å². The number of nitrogens with zero attached hydrogens (tertiary/aromatic N) is 2. The van der Waals surface area contributed by atoms with Crippen molar-refractivity contribution in [1.82, 2.24) is 0 Å². The summed E-state index contributed by atoms with van der Waals surface area (Å²) in [5, 5.41) is 0. The third-order valence-corrected chi connectivity index (χ3v) is 12.0. The van der Waals surface area contributed by atoms with E-state index in [4.69, 9.17) is 0 Å². The molecule has 10 aromatic rings. The fourth-order valence-corrected chi connectivity index (χ4v) is 8.82. The Hall–Kier alpha value is -8.20. The summed E-state index contributed by atoms with van der Waals surface area (Å²) in [6, 6.07) is 92.2. The number of rotatable bonds is 11. The highest BCUT2D eigenvalue weighted by Gasteiger charge is 2.21. The highest BCUT2D eigenvalue weighted by Crippen LogP contribution is 2.46. The number of anilines is 6. The van der Waals surface area contributed by atoms with E-state index in [9.17, 15) is 0 Å². The quantitative estimate of drug-likeness (QED) is 0.128. The maximum atomic E-state index is 2.38. The molecule has 0 saturated heterocycles. The van der Waals surface area contributed by atoms with Crippen molar-refractivity contribution in [2.24, 2.45) is 0 Å². The summed E-state index contributed by atoms with van der Waals surface area (Å²) in [6.07, 6.45) is 0. The van der Waals surface area contributed by atoms with Gasteiger partial charge in [0.2, 0.25) is 0 Å². The van der Waals surface area contributed by atoms with Crippen LogP contribution in [0.3, 0.4) is 0 Å². The summed E-state index contributed by atoms with van der Waals surface area (Å²) in [6.45, 7) is 4.32. The molecule has 0 saturated carbocycles. The highest BCUT2D eigenvalue weighted by molar-refractivity contribution is 5.96. The molecule has 0 heterocycles. The Morgan fingerprint density at radius 3 is 0.844 bits per heavy atom. The Kier molecular flexibility index (Phi) is 11.2. The van der Waals surface area contributed by atoms with E-state index in [1.54, 1.807) is 0 Å². The zero-order valence-corrected chi connectivity index (χ0v) is 36.1. The van der Waals surface area contributed by atoms with Crippen LogP contribution < -0.4 is 9.80 Å². The molecule has 0 aliphatic rings. The summed E-state index contributed by atoms with van der Waals surface area (Å²) in [4.78, 5) is 4.75. The maximum Gasteiger partial charge on any atom is 0.0468 e. The number of benzene rings is 10. The Morgan fingerprint density at radius 2 is 0.500 bits per heavy atom. The smallest absolute Gasteiger partial charge is 0.0468 e. The summed E-state index contributed by atoms with van der Waals surface area (Å²) in [7, 11) is 0. The minimum absolute atomic E-state index is 1.09. The van der Waals surface area contributed by atoms with E-state index in [2.05, 4.69) is 278 Å². The average molecular weight is 821 g/mol. The molecule has 306 valence electrons. The van der Waals surface area contributed by atoms with Crippen LogP contribution in [0.2, 0.25) is 0 Å². The van der Waals surface area contributed by atoms with Crippen LogP contribution >= 0.6 is 0 Å². The second-order valence-electron chi connectivity index (χ2n) is 16.4. The molecule has 0 fully saturated rings. The molecule has 2 nitrogen and oxygen atoms in total. The topological polar surface area (TPSA) is 6.48 Å². The van der Waals surface area contributed by atoms with E-state index >= 15 is 0 Å². The zero-order valence-electron chi connectivity index (χ0n) is 36.1. The van der Waals surface area contributed by atoms with Gasteiger partial charge in [-0.1, -0.05) is 182 Å². The van der Waals surface area contributed by atoms with Crippen LogP contribution in [0.1, 0.15) is 11.1 Å². The lowest BCUT2D eigenvalue weighted by molar-refractivity contribution is 1.27. The summed E-state index contributed by atoms with van der Waals surface area (Å²) >= 11 is 0. The van der Waals surface area contributed by atoms with Crippen molar-refractivity contribution in [2.45, 2.75) is 13.8 Å². The lowest BCUT2D eigenvalue weighted by Crippen LogP contribution is -2.11. The van der Waals surface area contributed by atoms with Crippen LogP contribution in [-0.4, -0.2) is 0 Å². The van der Waals surface area contributed by atoms with E-state index in [1.165, 1.54) is 44.5 Å². The molecule has 10 rings (SSSR count). The predicted octanol–water partition coefficient (Wildman–Crippen LogP) is 17.6. The Balaban J connectivity index is 1.13. The summed E-state index contributed by atoms with van der Waals surface area (Å²) < 4.78 is 0. The third kappa shape index (κ3) is 8.38. The Labute approximate surface area is 377 Å². The van der Waals surface area contributed by atoms with Crippen molar-refractivity contribution < 1.29 is 0 Å². The fraction of sp³-hybridized carbons (Fsp3) is 0.0323. The van der Waals surface area contributed by atoms with Crippen molar-refractivity contribution in [1.29, 1.82) is 0 Å². The minimum Gasteiger partial charge on any atom is -0.310 e. The zero-order chi connectivity index (χ0) is 43.2. The number of aryl methyl sites for hydroxylation is 2. The molecule has 64 heavy (non-hydrogen) atoms. The summed E-state index contributed by atoms with van der Waals surface area (Å²) in [5.41, 5.74) is 20.8. The Bertz CT molecular complexity index is 2920. The molecular weight excluding hydrogens is 773 g/mol. The monoisotopic (exact) mass is 820 g/mol. The van der Waals surface area contributed by atoms with E-state index < -0.39 is 0 Å². The second-order valence-corrected chi connectivity index (χ2v) is 16.4. The van der Waals surface area contributed by atoms with Gasteiger partial charge in [-0.15, -0.1) is 0 Å². The number of hydrogen-bond donors (Lipinski definition) is 0. The van der Waals surface area contributed by atoms with Gasteiger partial charge >= 0.3 is 0 Å². The predicted molar refractivity (Wildman–Crippen MR) is 272 cm³/mol. The molecule has 0 unspecified atom stereocenters. The van der Waals surface area contributed by atoms with Crippen molar-refractivity contribution in [3.63, 3.8) is 0 Å². The molecular formula is C62H48N2. The van der Waals surface area contributed by atoms with Crippen molar-refractivity contribution >= 4 is 34.1 Å². The Morgan fingerprint density at radius 1 is 0.203 bits per heavy atom. The first-order chi connectivity index (χ1) is 31.6. The normalized spacial score (nSPS) is 11.0. The molecule has 0 aromatic heterocycles. The molecule has 0 atom stereocenters. The average Bonchev–Trinajstić information content (AvgIpc) is 3.36. The van der Waals surface area contributed by atoms with Crippen LogP contribution in [0.4, 0.5) is 34.1 Å². The van der Waals surface area contributed by atoms with Crippen molar-refractivity contribution in [3.05, 3.63) is 266 Å². The fourth-order valence-electron chi connectivity index (χ4n) is 8.82. The van der Waals surface area contributed by atoms with Gasteiger partial charge in [-0.05, 0) is 153 Å². The molecule has 0 N–H and O–H groups in total. The first kappa shape index (κ1) is 39.9. The van der Waals surface area contributed by atoms with Gasteiger partial charge in [0.05, 0.1) is 0 Å². The molecule has 0 aliphatic heterocycles. The van der Waals surface area contributed by atoms with Gasteiger partial charge in [0.15, 0.2) is 0 Å². The van der Waals surface area contributed by atoms with E-state index in [-0.39, 0.29) is 0 Å². The van der Waals surface area contributed by atoms with Gasteiger partial charge in [0.1, 0.15) is 0 Å². The summed E-state index contributed by atoms with van der Waals surface area (Å²) in [5.74, 6) is 0. The lowest BCUT2D eigenvalue weighted by Gasteiger charge is -2.28. The van der Waals surface area contributed by atoms with Gasteiger partial charge in [0.25, 0.3) is 0 Å². The minimum atomic E-state index is 1.09. The highest BCUT2D eigenvalue weighted by atomic mass is 15.1. The number of hydrogen-bond acceptors (Lipinski definition) is 2. The van der Waals surface area contributed by atoms with Gasteiger partial charge < -0.3 is 9.80 Å². The van der Waals surface area contributed by atoms with Crippen LogP contribution in [0, 0.1) is 13.8 Å². The molecule has 0 bridgehead atoms. The molecule has 2 heteroatoms. The van der Waals surface area contributed by atoms with E-state index in [0.29, 0.717) is 0 Å². The largest absolute Gasteiger partial charge is 0.310 e. The van der Waals surface area contributed by atoms with E-state index in [0.717, 1.165) is 56.4 Å². The van der Waals surface area contributed by atoms with Gasteiger partial charge in [-0.25, -0.2) is 0 Å². The van der Waals surface area contributed by atoms with E-state index in [1.807, 2.05) is 0 Å². The molecule has 0 amide bonds. The van der Waals surface area contributed by atoms with Crippen LogP contribution in [0.15, 0.2) is 255 Å². The SMILES string of the molecule is Cc1cccc(N(c2ccc(-c3ccccc3)cc2)c2ccc(-c3ccc(N(c4ccc(-c5ccccc5)cc4)c4cccc(C)c4)cc3-c3ccccc3)c(-c3ccccc3)c2)c1. The van der Waals surface area contributed by atoms with Gasteiger partial charge in [-0.2, -0.15) is 0 Å². The van der Waals surface area contributed by atoms with Crippen LogP contribution in [0.5, 0.6) is 0 Å². The van der Waals surface area contributed by atoms with Crippen molar-refractivity contribution in [2.75, 3.05) is 9.80 Å². The molecule has 10 aromatic carbocycles. The van der Waals surface area contributed by atoms with Crippen LogP contribution in [-0.2, 0) is 0 Å². The van der Waals surface area contributed by atoms with Crippen molar-refractivity contribution in [3.8, 4) is 55.6 Å². The first-order valence-electron chi connectivity index (χ1n) is 22.0. The maximum absolute atomic E-state index is 2.38. The van der Waals surface area contributed by atoms with Gasteiger partial charge in [0, 0.05) is 34.1 Å².